The number of carbonyl (C=O) groups is 1. The van der Waals surface area contributed by atoms with Crippen LogP contribution in [0.15, 0.2) is 53.8 Å². The van der Waals surface area contributed by atoms with E-state index in [1.165, 1.54) is 6.20 Å². The molecule has 0 aliphatic rings. The van der Waals surface area contributed by atoms with Crippen molar-refractivity contribution in [1.29, 1.82) is 0 Å². The maximum atomic E-state index is 11.7. The standard InChI is InChI=1S/C16H16N2O3/c1-12(10-13-6-5-7-14(11-13)20-2)18-21-16(19)15-8-3-4-9-17-15/h3-9,11H,10H2,1-2H3/b18-12+. The van der Waals surface area contributed by atoms with Gasteiger partial charge < -0.3 is 9.57 Å². The topological polar surface area (TPSA) is 60.8 Å². The Labute approximate surface area is 123 Å². The van der Waals surface area contributed by atoms with Crippen molar-refractivity contribution in [2.75, 3.05) is 7.11 Å². The van der Waals surface area contributed by atoms with Gasteiger partial charge in [-0.1, -0.05) is 23.4 Å². The first-order valence-corrected chi connectivity index (χ1v) is 6.48. The average molecular weight is 284 g/mol. The number of aromatic nitrogens is 1. The van der Waals surface area contributed by atoms with Crippen molar-refractivity contribution in [2.45, 2.75) is 13.3 Å². The molecule has 0 saturated heterocycles. The number of hydrogen-bond acceptors (Lipinski definition) is 5. The van der Waals surface area contributed by atoms with Crippen LogP contribution in [0.4, 0.5) is 0 Å². The fraction of sp³-hybridized carbons (Fsp3) is 0.188. The summed E-state index contributed by atoms with van der Waals surface area (Å²) in [6, 6.07) is 12.7. The van der Waals surface area contributed by atoms with Crippen LogP contribution < -0.4 is 4.74 Å². The molecule has 0 spiro atoms. The minimum absolute atomic E-state index is 0.232. The molecule has 0 aliphatic carbocycles. The van der Waals surface area contributed by atoms with Gasteiger partial charge in [0.25, 0.3) is 0 Å². The van der Waals surface area contributed by atoms with Crippen LogP contribution >= 0.6 is 0 Å². The molecule has 0 N–H and O–H groups in total. The van der Waals surface area contributed by atoms with Crippen molar-refractivity contribution in [3.63, 3.8) is 0 Å². The Morgan fingerprint density at radius 1 is 1.24 bits per heavy atom. The molecule has 108 valence electrons. The summed E-state index contributed by atoms with van der Waals surface area (Å²) in [5.74, 6) is 0.214. The number of rotatable bonds is 5. The molecule has 2 aromatic rings. The van der Waals surface area contributed by atoms with Crippen molar-refractivity contribution in [3.05, 3.63) is 59.9 Å². The minimum Gasteiger partial charge on any atom is -0.497 e. The summed E-state index contributed by atoms with van der Waals surface area (Å²) in [7, 11) is 1.62. The van der Waals surface area contributed by atoms with Crippen LogP contribution in [-0.4, -0.2) is 23.8 Å². The summed E-state index contributed by atoms with van der Waals surface area (Å²) in [5.41, 5.74) is 1.95. The summed E-state index contributed by atoms with van der Waals surface area (Å²) < 4.78 is 5.16. The lowest BCUT2D eigenvalue weighted by Gasteiger charge is -2.04. The summed E-state index contributed by atoms with van der Waals surface area (Å²) >= 11 is 0. The van der Waals surface area contributed by atoms with Gasteiger partial charge in [0.1, 0.15) is 5.75 Å². The number of benzene rings is 1. The third-order valence-electron chi connectivity index (χ3n) is 2.75. The van der Waals surface area contributed by atoms with Crippen LogP contribution in [-0.2, 0) is 11.3 Å². The fourth-order valence-corrected chi connectivity index (χ4v) is 1.76. The Balaban J connectivity index is 1.96. The lowest BCUT2D eigenvalue weighted by atomic mass is 10.1. The number of pyridine rings is 1. The van der Waals surface area contributed by atoms with Gasteiger partial charge in [-0.25, -0.2) is 9.78 Å². The molecule has 0 fully saturated rings. The Bertz CT molecular complexity index is 639. The van der Waals surface area contributed by atoms with Gasteiger partial charge in [0, 0.05) is 12.6 Å². The molecule has 5 heteroatoms. The average Bonchev–Trinajstić information content (AvgIpc) is 2.53. The van der Waals surface area contributed by atoms with E-state index in [1.807, 2.05) is 24.3 Å². The lowest BCUT2D eigenvalue weighted by molar-refractivity contribution is 0.0508. The molecule has 0 atom stereocenters. The van der Waals surface area contributed by atoms with E-state index >= 15 is 0 Å². The second-order valence-electron chi connectivity index (χ2n) is 4.45. The van der Waals surface area contributed by atoms with Crippen LogP contribution in [0.25, 0.3) is 0 Å². The SMILES string of the molecule is COc1cccc(C/C(C)=N/OC(=O)c2ccccn2)c1. The molecule has 1 aromatic heterocycles. The van der Waals surface area contributed by atoms with Crippen LogP contribution in [0.3, 0.4) is 0 Å². The van der Waals surface area contributed by atoms with E-state index in [1.54, 1.807) is 32.2 Å². The summed E-state index contributed by atoms with van der Waals surface area (Å²) in [6.45, 7) is 1.80. The molecule has 0 amide bonds. The normalized spacial score (nSPS) is 11.0. The molecule has 0 bridgehead atoms. The van der Waals surface area contributed by atoms with Crippen LogP contribution in [0.5, 0.6) is 5.75 Å². The first-order valence-electron chi connectivity index (χ1n) is 6.48. The van der Waals surface area contributed by atoms with E-state index in [-0.39, 0.29) is 5.69 Å². The van der Waals surface area contributed by atoms with E-state index in [2.05, 4.69) is 10.1 Å². The van der Waals surface area contributed by atoms with Gasteiger partial charge in [0.05, 0.1) is 12.8 Å². The molecule has 2 rings (SSSR count). The van der Waals surface area contributed by atoms with Gasteiger partial charge in [-0.15, -0.1) is 0 Å². The predicted octanol–water partition coefficient (Wildman–Crippen LogP) is 2.87. The van der Waals surface area contributed by atoms with Crippen molar-refractivity contribution in [2.24, 2.45) is 5.16 Å². The molecule has 0 aliphatic heterocycles. The first-order chi connectivity index (χ1) is 10.2. The van der Waals surface area contributed by atoms with Crippen molar-refractivity contribution < 1.29 is 14.4 Å². The van der Waals surface area contributed by atoms with Crippen LogP contribution in [0.1, 0.15) is 23.0 Å². The Morgan fingerprint density at radius 2 is 2.10 bits per heavy atom. The smallest absolute Gasteiger partial charge is 0.383 e. The highest BCUT2D eigenvalue weighted by atomic mass is 16.7. The highest BCUT2D eigenvalue weighted by Gasteiger charge is 2.08. The van der Waals surface area contributed by atoms with Crippen molar-refractivity contribution in [3.8, 4) is 5.75 Å². The molecule has 0 radical (unpaired) electrons. The number of hydrogen-bond donors (Lipinski definition) is 0. The van der Waals surface area contributed by atoms with Gasteiger partial charge >= 0.3 is 5.97 Å². The minimum atomic E-state index is -0.569. The Morgan fingerprint density at radius 3 is 2.81 bits per heavy atom. The van der Waals surface area contributed by atoms with Gasteiger partial charge in [0.2, 0.25) is 0 Å². The van der Waals surface area contributed by atoms with Crippen LogP contribution in [0, 0.1) is 0 Å². The van der Waals surface area contributed by atoms with Crippen molar-refractivity contribution >= 4 is 11.7 Å². The third kappa shape index (κ3) is 4.42. The number of oxime groups is 1. The predicted molar refractivity (Wildman–Crippen MR) is 79.5 cm³/mol. The highest BCUT2D eigenvalue weighted by molar-refractivity contribution is 5.89. The molecular formula is C16H16N2O3. The van der Waals surface area contributed by atoms with Crippen LogP contribution in [0.2, 0.25) is 0 Å². The number of methoxy groups -OCH3 is 1. The fourth-order valence-electron chi connectivity index (χ4n) is 1.76. The number of carbonyl (C=O) groups excluding carboxylic acids is 1. The second kappa shape index (κ2) is 7.19. The maximum Gasteiger partial charge on any atom is 0.383 e. The van der Waals surface area contributed by atoms with E-state index in [0.717, 1.165) is 11.3 Å². The zero-order valence-corrected chi connectivity index (χ0v) is 11.9. The number of nitrogens with zero attached hydrogens (tertiary/aromatic N) is 2. The lowest BCUT2D eigenvalue weighted by Crippen LogP contribution is -2.06. The summed E-state index contributed by atoms with van der Waals surface area (Å²) in [4.78, 5) is 20.5. The summed E-state index contributed by atoms with van der Waals surface area (Å²) in [6.07, 6.45) is 2.11. The quantitative estimate of drug-likeness (QED) is 0.481. The van der Waals surface area contributed by atoms with Gasteiger partial charge in [-0.05, 0) is 36.8 Å². The van der Waals surface area contributed by atoms with Crippen molar-refractivity contribution in [1.82, 2.24) is 4.98 Å². The first kappa shape index (κ1) is 14.7. The molecule has 1 heterocycles. The summed E-state index contributed by atoms with van der Waals surface area (Å²) in [5, 5.41) is 3.84. The third-order valence-corrected chi connectivity index (χ3v) is 2.75. The van der Waals surface area contributed by atoms with Gasteiger partial charge in [-0.3, -0.25) is 0 Å². The zero-order chi connectivity index (χ0) is 15.1. The number of ether oxygens (including phenoxy) is 1. The largest absolute Gasteiger partial charge is 0.497 e. The highest BCUT2D eigenvalue weighted by Crippen LogP contribution is 2.13. The van der Waals surface area contributed by atoms with E-state index in [9.17, 15) is 4.79 Å². The monoisotopic (exact) mass is 284 g/mol. The molecule has 21 heavy (non-hydrogen) atoms. The van der Waals surface area contributed by atoms with E-state index < -0.39 is 5.97 Å². The molecule has 5 nitrogen and oxygen atoms in total. The Hall–Kier alpha value is -2.69. The molecule has 1 aromatic carbocycles. The molecule has 0 saturated carbocycles. The molecular weight excluding hydrogens is 268 g/mol. The van der Waals surface area contributed by atoms with E-state index in [4.69, 9.17) is 9.57 Å². The maximum absolute atomic E-state index is 11.7. The molecule has 0 unspecified atom stereocenters. The zero-order valence-electron chi connectivity index (χ0n) is 11.9. The Kier molecular flexibility index (Phi) is 5.04. The second-order valence-corrected chi connectivity index (χ2v) is 4.45. The van der Waals surface area contributed by atoms with Gasteiger partial charge in [-0.2, -0.15) is 0 Å². The van der Waals surface area contributed by atoms with Gasteiger partial charge in [0.15, 0.2) is 5.69 Å². The van der Waals surface area contributed by atoms with E-state index in [0.29, 0.717) is 12.1 Å².